The molecule has 2 aromatic carbocycles. The number of benzene rings is 2. The number of H-pyrrole nitrogens is 3. The topological polar surface area (TPSA) is 117 Å². The molecule has 0 spiro atoms. The van der Waals surface area contributed by atoms with Crippen LogP contribution in [0.25, 0.3) is 78.9 Å². The van der Waals surface area contributed by atoms with Gasteiger partial charge in [0.25, 0.3) is 5.69 Å². The summed E-state index contributed by atoms with van der Waals surface area (Å²) >= 11 is 0. The van der Waals surface area contributed by atoms with Crippen molar-refractivity contribution in [3.63, 3.8) is 0 Å². The van der Waals surface area contributed by atoms with Gasteiger partial charge in [0.15, 0.2) is 0 Å². The normalized spacial score (nSPS) is 11.8. The summed E-state index contributed by atoms with van der Waals surface area (Å²) in [6, 6.07) is 31.0. The van der Waals surface area contributed by atoms with Crippen molar-refractivity contribution >= 4 is 51.1 Å². The van der Waals surface area contributed by atoms with Crippen LogP contribution in [0, 0.1) is 17.0 Å². The summed E-state index contributed by atoms with van der Waals surface area (Å²) in [7, 11) is 0. The van der Waals surface area contributed by atoms with Crippen molar-refractivity contribution in [1.82, 2.24) is 19.9 Å². The average Bonchev–Trinajstić information content (AvgIpc) is 3.87. The Morgan fingerprint density at radius 1 is 0.659 bits per heavy atom. The highest BCUT2D eigenvalue weighted by atomic mass is 16.6. The molecule has 7 aromatic rings. The maximum Gasteiger partial charge on any atom is 0.269 e. The zero-order valence-corrected chi connectivity index (χ0v) is 23.6. The van der Waals surface area contributed by atoms with Gasteiger partial charge in [-0.3, -0.25) is 10.1 Å². The van der Waals surface area contributed by atoms with Gasteiger partial charge in [0, 0.05) is 34.9 Å². The predicted molar refractivity (Wildman–Crippen MR) is 175 cm³/mol. The molecule has 0 unspecified atom stereocenters. The molecule has 44 heavy (non-hydrogen) atoms. The lowest BCUT2D eigenvalue weighted by atomic mass is 10.0. The number of nitrogens with zero attached hydrogens (tertiary/aromatic N) is 2. The Morgan fingerprint density at radius 2 is 1.25 bits per heavy atom. The standard InChI is InChI=1S/C36H25N5O3/c1-21-4-6-23(7-5-21)35-30-15-13-26(39-30)25-12-14-28(38-25)34(22-8-10-24(11-9-22)41(42)43)29-16-17-31(40-29)36(27-3-2-20-37-27)33-19-18-32(35)44-33/h2-20,37-38,40H,1H3. The number of furan rings is 1. The molecule has 0 atom stereocenters. The maximum atomic E-state index is 11.4. The monoisotopic (exact) mass is 575 g/mol. The maximum absolute atomic E-state index is 11.4. The molecule has 8 bridgehead atoms. The summed E-state index contributed by atoms with van der Waals surface area (Å²) in [4.78, 5) is 26.6. The van der Waals surface area contributed by atoms with E-state index in [1.165, 1.54) is 17.7 Å². The molecule has 5 aromatic heterocycles. The highest BCUT2D eigenvalue weighted by molar-refractivity contribution is 5.99. The van der Waals surface area contributed by atoms with Gasteiger partial charge < -0.3 is 19.4 Å². The van der Waals surface area contributed by atoms with Crippen molar-refractivity contribution in [2.45, 2.75) is 6.92 Å². The Kier molecular flexibility index (Phi) is 5.80. The van der Waals surface area contributed by atoms with E-state index in [0.717, 1.165) is 67.0 Å². The largest absolute Gasteiger partial charge is 0.456 e. The van der Waals surface area contributed by atoms with E-state index in [1.54, 1.807) is 12.1 Å². The van der Waals surface area contributed by atoms with E-state index in [4.69, 9.17) is 9.40 Å². The zero-order valence-electron chi connectivity index (χ0n) is 23.6. The molecule has 6 heterocycles. The van der Waals surface area contributed by atoms with Crippen LogP contribution in [0.15, 0.2) is 108 Å². The number of aromatic nitrogens is 4. The number of nitrogens with one attached hydrogen (secondary N) is 3. The van der Waals surface area contributed by atoms with Crippen LogP contribution >= 0.6 is 0 Å². The Labute approximate surface area is 250 Å². The summed E-state index contributed by atoms with van der Waals surface area (Å²) in [5.41, 5.74) is 13.0. The van der Waals surface area contributed by atoms with Gasteiger partial charge in [-0.1, -0.05) is 29.8 Å². The van der Waals surface area contributed by atoms with Crippen molar-refractivity contribution < 1.29 is 9.34 Å². The SMILES string of the molecule is Cc1ccc(-c2c3nc(c4ccc([nH]4)c(-c4ccc([N+](=O)[O-])cc4)c4ccc([nH]4)c(-c4ccc[nH]4)c4ccc2o4)C=C3)cc1. The van der Waals surface area contributed by atoms with Crippen LogP contribution in [0.5, 0.6) is 0 Å². The van der Waals surface area contributed by atoms with Crippen LogP contribution in [0.3, 0.4) is 0 Å². The Balaban J connectivity index is 1.52. The zero-order chi connectivity index (χ0) is 29.8. The molecule has 1 aliphatic heterocycles. The molecule has 0 saturated heterocycles. The van der Waals surface area contributed by atoms with Gasteiger partial charge >= 0.3 is 0 Å². The lowest BCUT2D eigenvalue weighted by molar-refractivity contribution is -0.384. The van der Waals surface area contributed by atoms with E-state index >= 15 is 0 Å². The van der Waals surface area contributed by atoms with Crippen LogP contribution in [0.4, 0.5) is 5.69 Å². The second-order valence-corrected chi connectivity index (χ2v) is 10.8. The van der Waals surface area contributed by atoms with Gasteiger partial charge in [-0.15, -0.1) is 0 Å². The second kappa shape index (κ2) is 9.99. The minimum atomic E-state index is -0.389. The van der Waals surface area contributed by atoms with E-state index in [2.05, 4.69) is 46.1 Å². The van der Waals surface area contributed by atoms with Gasteiger partial charge in [-0.2, -0.15) is 0 Å². The molecule has 8 heteroatoms. The number of hydrogen-bond acceptors (Lipinski definition) is 4. The van der Waals surface area contributed by atoms with Crippen molar-refractivity contribution in [1.29, 1.82) is 0 Å². The van der Waals surface area contributed by atoms with Gasteiger partial charge in [-0.05, 0) is 90.9 Å². The summed E-state index contributed by atoms with van der Waals surface area (Å²) in [6.45, 7) is 2.07. The van der Waals surface area contributed by atoms with Crippen LogP contribution in [-0.4, -0.2) is 24.9 Å². The molecular weight excluding hydrogens is 550 g/mol. The number of aryl methyl sites for hydroxylation is 1. The number of non-ortho nitro benzene ring substituents is 1. The van der Waals surface area contributed by atoms with Gasteiger partial charge in [0.05, 0.1) is 44.2 Å². The van der Waals surface area contributed by atoms with Crippen LogP contribution in [-0.2, 0) is 0 Å². The van der Waals surface area contributed by atoms with E-state index in [0.29, 0.717) is 11.2 Å². The van der Waals surface area contributed by atoms with E-state index in [1.807, 2.05) is 66.9 Å². The van der Waals surface area contributed by atoms with Crippen molar-refractivity contribution in [2.24, 2.45) is 0 Å². The molecule has 0 aliphatic carbocycles. The summed E-state index contributed by atoms with van der Waals surface area (Å²) in [5, 5.41) is 11.4. The Bertz CT molecular complexity index is 2350. The van der Waals surface area contributed by atoms with E-state index in [9.17, 15) is 10.1 Å². The highest BCUT2D eigenvalue weighted by Gasteiger charge is 2.17. The Hall–Kier alpha value is -6.15. The molecule has 0 amide bonds. The fourth-order valence-corrected chi connectivity index (χ4v) is 5.87. The number of nitro benzene ring substituents is 1. The summed E-state index contributed by atoms with van der Waals surface area (Å²) in [5.74, 6) is 0. The second-order valence-electron chi connectivity index (χ2n) is 10.8. The van der Waals surface area contributed by atoms with Crippen LogP contribution in [0.2, 0.25) is 0 Å². The lowest BCUT2D eigenvalue weighted by Gasteiger charge is -2.04. The van der Waals surface area contributed by atoms with Crippen molar-refractivity contribution in [3.8, 4) is 33.5 Å². The minimum Gasteiger partial charge on any atom is -0.456 e. The lowest BCUT2D eigenvalue weighted by Crippen LogP contribution is -1.88. The van der Waals surface area contributed by atoms with Gasteiger partial charge in [-0.25, -0.2) is 4.98 Å². The molecule has 212 valence electrons. The third-order valence-electron chi connectivity index (χ3n) is 8.03. The first-order chi connectivity index (χ1) is 21.5. The first kappa shape index (κ1) is 25.6. The Morgan fingerprint density at radius 3 is 1.93 bits per heavy atom. The number of nitro groups is 1. The number of aromatic amines is 3. The fraction of sp³-hybridized carbons (Fsp3) is 0.0278. The van der Waals surface area contributed by atoms with Crippen molar-refractivity contribution in [3.05, 3.63) is 130 Å². The van der Waals surface area contributed by atoms with Gasteiger partial charge in [0.2, 0.25) is 0 Å². The van der Waals surface area contributed by atoms with Crippen LogP contribution < -0.4 is 0 Å². The highest BCUT2D eigenvalue weighted by Crippen LogP contribution is 2.37. The molecular formula is C36H25N5O3. The number of hydrogen-bond donors (Lipinski definition) is 3. The first-order valence-corrected chi connectivity index (χ1v) is 14.2. The molecule has 0 fully saturated rings. The average molecular weight is 576 g/mol. The van der Waals surface area contributed by atoms with Crippen molar-refractivity contribution in [2.75, 3.05) is 0 Å². The third-order valence-corrected chi connectivity index (χ3v) is 8.03. The van der Waals surface area contributed by atoms with E-state index in [-0.39, 0.29) is 10.6 Å². The van der Waals surface area contributed by atoms with Gasteiger partial charge in [0.1, 0.15) is 11.2 Å². The number of rotatable bonds is 4. The summed E-state index contributed by atoms with van der Waals surface area (Å²) < 4.78 is 6.67. The molecule has 0 saturated carbocycles. The molecule has 0 radical (unpaired) electrons. The smallest absolute Gasteiger partial charge is 0.269 e. The first-order valence-electron chi connectivity index (χ1n) is 14.2. The molecule has 1 aliphatic rings. The minimum absolute atomic E-state index is 0.0379. The quantitative estimate of drug-likeness (QED) is 0.143. The van der Waals surface area contributed by atoms with Crippen LogP contribution in [0.1, 0.15) is 17.0 Å². The molecule has 8 nitrogen and oxygen atoms in total. The third kappa shape index (κ3) is 4.28. The number of fused-ring (bicyclic) bond motifs is 9. The predicted octanol–water partition coefficient (Wildman–Crippen LogP) is 9.51. The van der Waals surface area contributed by atoms with E-state index < -0.39 is 0 Å². The molecule has 3 N–H and O–H groups in total. The summed E-state index contributed by atoms with van der Waals surface area (Å²) in [6.07, 6.45) is 5.91. The molecule has 8 rings (SSSR count). The fourth-order valence-electron chi connectivity index (χ4n) is 5.87.